The van der Waals surface area contributed by atoms with E-state index in [0.717, 1.165) is 11.1 Å². The minimum atomic E-state index is -0.848. The molecule has 0 saturated heterocycles. The molecule has 29 heavy (non-hydrogen) atoms. The molecule has 0 heterocycles. The van der Waals surface area contributed by atoms with Crippen LogP contribution in [-0.4, -0.2) is 36.7 Å². The van der Waals surface area contributed by atoms with Crippen LogP contribution in [-0.2, 0) is 41.5 Å². The monoisotopic (exact) mass is 394 g/mol. The Kier molecular flexibility index (Phi) is 8.51. The molecule has 0 atom stereocenters. The van der Waals surface area contributed by atoms with Crippen molar-refractivity contribution >= 4 is 23.5 Å². The molecule has 0 bridgehead atoms. The molecule has 2 aromatic carbocycles. The minimum Gasteiger partial charge on any atom is -0.457 e. The number of carbonyl (C=O) groups is 4. The SMILES string of the molecule is C=C(CC(=O)OCC(=O)Cc1ccccc1)C(=O)OCC(=O)Cc1ccccc1. The Bertz CT molecular complexity index is 871. The Balaban J connectivity index is 1.66. The molecular formula is C23H22O6. The molecule has 0 spiro atoms. The summed E-state index contributed by atoms with van der Waals surface area (Å²) in [7, 11) is 0. The summed E-state index contributed by atoms with van der Waals surface area (Å²) >= 11 is 0. The highest BCUT2D eigenvalue weighted by Gasteiger charge is 2.17. The molecular weight excluding hydrogens is 372 g/mol. The third kappa shape index (κ3) is 8.34. The Morgan fingerprint density at radius 3 is 1.62 bits per heavy atom. The number of hydrogen-bond donors (Lipinski definition) is 0. The van der Waals surface area contributed by atoms with Gasteiger partial charge in [0.05, 0.1) is 6.42 Å². The van der Waals surface area contributed by atoms with E-state index in [4.69, 9.17) is 9.47 Å². The lowest BCUT2D eigenvalue weighted by Gasteiger charge is -2.07. The molecule has 0 amide bonds. The van der Waals surface area contributed by atoms with Gasteiger partial charge in [-0.3, -0.25) is 14.4 Å². The smallest absolute Gasteiger partial charge is 0.334 e. The van der Waals surface area contributed by atoms with Gasteiger partial charge in [0.25, 0.3) is 0 Å². The molecule has 0 fully saturated rings. The normalized spacial score (nSPS) is 10.1. The number of benzene rings is 2. The first kappa shape index (κ1) is 21.8. The first-order valence-electron chi connectivity index (χ1n) is 9.06. The van der Waals surface area contributed by atoms with Crippen LogP contribution in [0.2, 0.25) is 0 Å². The molecule has 2 rings (SSSR count). The first-order valence-corrected chi connectivity index (χ1v) is 9.06. The van der Waals surface area contributed by atoms with Crippen molar-refractivity contribution in [3.63, 3.8) is 0 Å². The van der Waals surface area contributed by atoms with Gasteiger partial charge < -0.3 is 9.47 Å². The van der Waals surface area contributed by atoms with E-state index in [0.29, 0.717) is 0 Å². The molecule has 0 aliphatic carbocycles. The lowest BCUT2D eigenvalue weighted by molar-refractivity contribution is -0.149. The molecule has 0 radical (unpaired) electrons. The fourth-order valence-electron chi connectivity index (χ4n) is 2.46. The summed E-state index contributed by atoms with van der Waals surface area (Å²) in [6, 6.07) is 18.1. The molecule has 2 aromatic rings. The molecule has 6 heteroatoms. The maximum Gasteiger partial charge on any atom is 0.334 e. The Morgan fingerprint density at radius 1 is 0.690 bits per heavy atom. The summed E-state index contributed by atoms with van der Waals surface area (Å²) in [5.74, 6) is -2.14. The average Bonchev–Trinajstić information content (AvgIpc) is 2.72. The van der Waals surface area contributed by atoms with Crippen LogP contribution in [0.25, 0.3) is 0 Å². The van der Waals surface area contributed by atoms with Crippen LogP contribution in [0.5, 0.6) is 0 Å². The third-order valence-electron chi connectivity index (χ3n) is 3.89. The number of rotatable bonds is 11. The Labute approximate surface area is 169 Å². The van der Waals surface area contributed by atoms with E-state index in [9.17, 15) is 19.2 Å². The van der Waals surface area contributed by atoms with Gasteiger partial charge >= 0.3 is 11.9 Å². The minimum absolute atomic E-state index is 0.141. The van der Waals surface area contributed by atoms with E-state index in [1.165, 1.54) is 0 Å². The Hall–Kier alpha value is -3.54. The highest BCUT2D eigenvalue weighted by molar-refractivity contribution is 5.95. The van der Waals surface area contributed by atoms with Crippen LogP contribution < -0.4 is 0 Å². The van der Waals surface area contributed by atoms with E-state index < -0.39 is 25.0 Å². The molecule has 0 N–H and O–H groups in total. The van der Waals surface area contributed by atoms with Gasteiger partial charge in [-0.15, -0.1) is 0 Å². The van der Waals surface area contributed by atoms with Crippen molar-refractivity contribution in [1.82, 2.24) is 0 Å². The van der Waals surface area contributed by atoms with Crippen molar-refractivity contribution < 1.29 is 28.7 Å². The number of ether oxygens (including phenoxy) is 2. The summed E-state index contributed by atoms with van der Waals surface area (Å²) in [5, 5.41) is 0. The van der Waals surface area contributed by atoms with Crippen LogP contribution in [0.15, 0.2) is 72.8 Å². The van der Waals surface area contributed by atoms with E-state index in [-0.39, 0.29) is 36.6 Å². The van der Waals surface area contributed by atoms with E-state index >= 15 is 0 Å². The zero-order chi connectivity index (χ0) is 21.1. The molecule has 0 unspecified atom stereocenters. The maximum absolute atomic E-state index is 11.9. The van der Waals surface area contributed by atoms with Gasteiger partial charge in [-0.2, -0.15) is 0 Å². The second-order valence-electron chi connectivity index (χ2n) is 6.42. The van der Waals surface area contributed by atoms with Gasteiger partial charge in [0.2, 0.25) is 0 Å². The van der Waals surface area contributed by atoms with Crippen molar-refractivity contribution in [2.75, 3.05) is 13.2 Å². The second-order valence-corrected chi connectivity index (χ2v) is 6.42. The number of carbonyl (C=O) groups excluding carboxylic acids is 4. The van der Waals surface area contributed by atoms with E-state index in [1.54, 1.807) is 24.3 Å². The molecule has 0 saturated carbocycles. The number of Topliss-reactive ketones (excluding diaryl/α,β-unsaturated/α-hetero) is 2. The van der Waals surface area contributed by atoms with Crippen LogP contribution in [0.3, 0.4) is 0 Å². The van der Waals surface area contributed by atoms with Crippen molar-refractivity contribution in [2.45, 2.75) is 19.3 Å². The zero-order valence-electron chi connectivity index (χ0n) is 16.0. The van der Waals surface area contributed by atoms with Crippen molar-refractivity contribution in [1.29, 1.82) is 0 Å². The Morgan fingerprint density at radius 2 is 1.14 bits per heavy atom. The van der Waals surface area contributed by atoms with E-state index in [1.807, 2.05) is 36.4 Å². The van der Waals surface area contributed by atoms with Gasteiger partial charge in [0.15, 0.2) is 18.2 Å². The first-order chi connectivity index (χ1) is 13.9. The van der Waals surface area contributed by atoms with Crippen molar-refractivity contribution in [3.05, 3.63) is 83.9 Å². The predicted molar refractivity (Wildman–Crippen MR) is 106 cm³/mol. The van der Waals surface area contributed by atoms with Crippen molar-refractivity contribution in [3.8, 4) is 0 Å². The number of hydrogen-bond acceptors (Lipinski definition) is 6. The quantitative estimate of drug-likeness (QED) is 0.430. The largest absolute Gasteiger partial charge is 0.457 e. The summed E-state index contributed by atoms with van der Waals surface area (Å²) in [5.41, 5.74) is 1.50. The van der Waals surface area contributed by atoms with Gasteiger partial charge in [0, 0.05) is 18.4 Å². The molecule has 0 aliphatic rings. The fraction of sp³-hybridized carbons (Fsp3) is 0.217. The summed E-state index contributed by atoms with van der Waals surface area (Å²) in [4.78, 5) is 47.3. The van der Waals surface area contributed by atoms with Crippen LogP contribution in [0.1, 0.15) is 17.5 Å². The number of ketones is 2. The maximum atomic E-state index is 11.9. The highest BCUT2D eigenvalue weighted by Crippen LogP contribution is 2.06. The number of esters is 2. The van der Waals surface area contributed by atoms with Crippen LogP contribution in [0, 0.1) is 0 Å². The van der Waals surface area contributed by atoms with Gasteiger partial charge in [-0.05, 0) is 11.1 Å². The molecule has 0 aromatic heterocycles. The highest BCUT2D eigenvalue weighted by atomic mass is 16.5. The lowest BCUT2D eigenvalue weighted by atomic mass is 10.1. The average molecular weight is 394 g/mol. The third-order valence-corrected chi connectivity index (χ3v) is 3.89. The van der Waals surface area contributed by atoms with Gasteiger partial charge in [-0.1, -0.05) is 67.2 Å². The van der Waals surface area contributed by atoms with Gasteiger partial charge in [0.1, 0.15) is 6.61 Å². The topological polar surface area (TPSA) is 86.7 Å². The fourth-order valence-corrected chi connectivity index (χ4v) is 2.46. The van der Waals surface area contributed by atoms with E-state index in [2.05, 4.69) is 6.58 Å². The lowest BCUT2D eigenvalue weighted by Crippen LogP contribution is -2.20. The van der Waals surface area contributed by atoms with Crippen LogP contribution in [0.4, 0.5) is 0 Å². The molecule has 0 aliphatic heterocycles. The zero-order valence-corrected chi connectivity index (χ0v) is 16.0. The molecule has 6 nitrogen and oxygen atoms in total. The summed E-state index contributed by atoms with van der Waals surface area (Å²) < 4.78 is 9.76. The predicted octanol–water partition coefficient (Wildman–Crippen LogP) is 2.64. The van der Waals surface area contributed by atoms with Crippen LogP contribution >= 0.6 is 0 Å². The summed E-state index contributed by atoms with van der Waals surface area (Å²) in [6.07, 6.45) is -0.114. The molecule has 150 valence electrons. The summed E-state index contributed by atoms with van der Waals surface area (Å²) in [6.45, 7) is 2.69. The van der Waals surface area contributed by atoms with Gasteiger partial charge in [-0.25, -0.2) is 4.79 Å². The van der Waals surface area contributed by atoms with Crippen molar-refractivity contribution in [2.24, 2.45) is 0 Å². The second kappa shape index (κ2) is 11.3. The standard InChI is InChI=1S/C23H22O6/c1-17(23(27)29-16-21(25)14-19-10-6-3-7-11-19)12-22(26)28-15-20(24)13-18-8-4-2-5-9-18/h2-11H,1,12-16H2.